The van der Waals surface area contributed by atoms with Crippen LogP contribution < -0.4 is 4.89 Å². The average Bonchev–Trinajstić information content (AvgIpc) is 2.17. The van der Waals surface area contributed by atoms with E-state index in [9.17, 15) is 0 Å². The second-order valence-electron chi connectivity index (χ2n) is 2.47. The summed E-state index contributed by atoms with van der Waals surface area (Å²) < 4.78 is 0. The van der Waals surface area contributed by atoms with Crippen LogP contribution in [0.3, 0.4) is 0 Å². The molecule has 0 aliphatic carbocycles. The van der Waals surface area contributed by atoms with Crippen molar-refractivity contribution in [2.75, 3.05) is 0 Å². The van der Waals surface area contributed by atoms with Crippen LogP contribution in [-0.4, -0.2) is 5.11 Å². The molecule has 1 aliphatic rings. The third-order valence-corrected chi connectivity index (χ3v) is 1.75. The van der Waals surface area contributed by atoms with E-state index in [0.717, 1.165) is 11.1 Å². The summed E-state index contributed by atoms with van der Waals surface area (Å²) >= 11 is 0. The molecule has 0 spiro atoms. The predicted octanol–water partition coefficient (Wildman–Crippen LogP) is 1.47. The minimum absolute atomic E-state index is 0.0108. The summed E-state index contributed by atoms with van der Waals surface area (Å²) in [6, 6.07) is 5.45. The first-order valence-corrected chi connectivity index (χ1v) is 3.64. The van der Waals surface area contributed by atoms with Gasteiger partial charge in [0, 0.05) is 5.56 Å². The standard InChI is InChI=1S/C9H8O3/c10-6-7-2-1-3-9-8(7)4-5-11-12-9/h1-5,10H,6H2. The number of aliphatic hydroxyl groups excluding tert-OH is 1. The van der Waals surface area contributed by atoms with E-state index in [1.165, 1.54) is 6.26 Å². The van der Waals surface area contributed by atoms with Crippen LogP contribution in [0.2, 0.25) is 0 Å². The molecule has 0 bridgehead atoms. The third-order valence-electron chi connectivity index (χ3n) is 1.75. The molecule has 1 aromatic carbocycles. The first-order chi connectivity index (χ1) is 5.92. The fraction of sp³-hybridized carbons (Fsp3) is 0.111. The maximum atomic E-state index is 8.96. The molecule has 1 aromatic rings. The molecular formula is C9H8O3. The van der Waals surface area contributed by atoms with Gasteiger partial charge in [-0.1, -0.05) is 12.1 Å². The molecule has 1 N–H and O–H groups in total. The van der Waals surface area contributed by atoms with Gasteiger partial charge in [-0.15, -0.1) is 0 Å². The topological polar surface area (TPSA) is 38.7 Å². The molecule has 1 aliphatic heterocycles. The van der Waals surface area contributed by atoms with E-state index in [0.29, 0.717) is 5.75 Å². The molecule has 3 nitrogen and oxygen atoms in total. The second kappa shape index (κ2) is 2.87. The Hall–Kier alpha value is -1.48. The lowest BCUT2D eigenvalue weighted by molar-refractivity contribution is -0.151. The number of benzene rings is 1. The highest BCUT2D eigenvalue weighted by molar-refractivity contribution is 5.61. The van der Waals surface area contributed by atoms with Crippen molar-refractivity contribution in [2.45, 2.75) is 6.61 Å². The van der Waals surface area contributed by atoms with Gasteiger partial charge in [-0.3, -0.25) is 9.78 Å². The van der Waals surface area contributed by atoms with Crippen molar-refractivity contribution in [3.63, 3.8) is 0 Å². The molecule has 1 heterocycles. The van der Waals surface area contributed by atoms with E-state index >= 15 is 0 Å². The third kappa shape index (κ3) is 1.04. The second-order valence-corrected chi connectivity index (χ2v) is 2.47. The van der Waals surface area contributed by atoms with Gasteiger partial charge in [0.25, 0.3) is 0 Å². The van der Waals surface area contributed by atoms with E-state index in [4.69, 9.17) is 9.99 Å². The van der Waals surface area contributed by atoms with Crippen molar-refractivity contribution >= 4 is 6.08 Å². The summed E-state index contributed by atoms with van der Waals surface area (Å²) in [4.78, 5) is 9.50. The minimum Gasteiger partial charge on any atom is -0.392 e. The normalized spacial score (nSPS) is 13.1. The Bertz CT molecular complexity index is 318. The van der Waals surface area contributed by atoms with Crippen molar-refractivity contribution in [3.8, 4) is 5.75 Å². The average molecular weight is 164 g/mol. The van der Waals surface area contributed by atoms with Crippen LogP contribution >= 0.6 is 0 Å². The van der Waals surface area contributed by atoms with Gasteiger partial charge >= 0.3 is 0 Å². The molecule has 0 atom stereocenters. The first-order valence-electron chi connectivity index (χ1n) is 3.64. The molecule has 0 aromatic heterocycles. The predicted molar refractivity (Wildman–Crippen MR) is 43.1 cm³/mol. The van der Waals surface area contributed by atoms with Gasteiger partial charge in [0.2, 0.25) is 0 Å². The smallest absolute Gasteiger partial charge is 0.186 e. The van der Waals surface area contributed by atoms with Gasteiger partial charge in [-0.2, -0.15) is 0 Å². The van der Waals surface area contributed by atoms with Crippen LogP contribution in [0.15, 0.2) is 24.5 Å². The van der Waals surface area contributed by atoms with Gasteiger partial charge in [0.05, 0.1) is 6.61 Å². The molecule has 0 fully saturated rings. The molecule has 0 amide bonds. The zero-order chi connectivity index (χ0) is 8.39. The van der Waals surface area contributed by atoms with Gasteiger partial charge in [-0.25, -0.2) is 0 Å². The summed E-state index contributed by atoms with van der Waals surface area (Å²) in [5.74, 6) is 0.643. The van der Waals surface area contributed by atoms with Gasteiger partial charge in [0.1, 0.15) is 6.26 Å². The van der Waals surface area contributed by atoms with Crippen molar-refractivity contribution in [1.29, 1.82) is 0 Å². The highest BCUT2D eigenvalue weighted by atomic mass is 17.2. The zero-order valence-corrected chi connectivity index (χ0v) is 6.36. The Morgan fingerprint density at radius 1 is 1.33 bits per heavy atom. The van der Waals surface area contributed by atoms with Gasteiger partial charge in [0.15, 0.2) is 5.75 Å². The van der Waals surface area contributed by atoms with Gasteiger partial charge in [-0.05, 0) is 17.7 Å². The van der Waals surface area contributed by atoms with Crippen LogP contribution in [0.4, 0.5) is 0 Å². The lowest BCUT2D eigenvalue weighted by Gasteiger charge is -2.12. The van der Waals surface area contributed by atoms with Crippen LogP contribution in [0.25, 0.3) is 6.08 Å². The van der Waals surface area contributed by atoms with E-state index in [1.54, 1.807) is 12.1 Å². The van der Waals surface area contributed by atoms with E-state index in [-0.39, 0.29) is 6.61 Å². The van der Waals surface area contributed by atoms with Crippen molar-refractivity contribution in [1.82, 2.24) is 0 Å². The summed E-state index contributed by atoms with van der Waals surface area (Å²) in [7, 11) is 0. The largest absolute Gasteiger partial charge is 0.392 e. The Labute approximate surface area is 69.8 Å². The molecule has 0 unspecified atom stereocenters. The maximum Gasteiger partial charge on any atom is 0.186 e. The fourth-order valence-electron chi connectivity index (χ4n) is 1.16. The monoisotopic (exact) mass is 164 g/mol. The number of hydrogen-bond acceptors (Lipinski definition) is 3. The van der Waals surface area contributed by atoms with Crippen LogP contribution in [-0.2, 0) is 11.5 Å². The van der Waals surface area contributed by atoms with Crippen LogP contribution in [0.5, 0.6) is 5.75 Å². The number of fused-ring (bicyclic) bond motifs is 1. The van der Waals surface area contributed by atoms with Crippen LogP contribution in [0.1, 0.15) is 11.1 Å². The molecule has 12 heavy (non-hydrogen) atoms. The summed E-state index contributed by atoms with van der Waals surface area (Å²) in [5.41, 5.74) is 1.72. The van der Waals surface area contributed by atoms with E-state index in [2.05, 4.69) is 4.89 Å². The molecule has 62 valence electrons. The zero-order valence-electron chi connectivity index (χ0n) is 6.36. The van der Waals surface area contributed by atoms with Crippen LogP contribution in [0, 0.1) is 0 Å². The van der Waals surface area contributed by atoms with Gasteiger partial charge < -0.3 is 5.11 Å². The summed E-state index contributed by atoms with van der Waals surface area (Å²) in [5, 5.41) is 8.96. The fourth-order valence-corrected chi connectivity index (χ4v) is 1.16. The molecule has 0 radical (unpaired) electrons. The first kappa shape index (κ1) is 7.18. The molecule has 3 heteroatoms. The molecular weight excluding hydrogens is 156 g/mol. The summed E-state index contributed by atoms with van der Waals surface area (Å²) in [6.07, 6.45) is 3.21. The Balaban J connectivity index is 2.54. The SMILES string of the molecule is OCc1cccc2c1C=COO2. The number of hydrogen-bond donors (Lipinski definition) is 1. The van der Waals surface area contributed by atoms with Crippen molar-refractivity contribution < 1.29 is 14.9 Å². The molecule has 0 saturated heterocycles. The highest BCUT2D eigenvalue weighted by Crippen LogP contribution is 2.27. The van der Waals surface area contributed by atoms with Crippen molar-refractivity contribution in [2.24, 2.45) is 0 Å². The van der Waals surface area contributed by atoms with Crippen molar-refractivity contribution in [3.05, 3.63) is 35.6 Å². The lowest BCUT2D eigenvalue weighted by Crippen LogP contribution is -2.00. The number of rotatable bonds is 1. The Morgan fingerprint density at radius 3 is 3.08 bits per heavy atom. The summed E-state index contributed by atoms with van der Waals surface area (Å²) in [6.45, 7) is 0.0108. The lowest BCUT2D eigenvalue weighted by atomic mass is 10.1. The quantitative estimate of drug-likeness (QED) is 0.639. The van der Waals surface area contributed by atoms with E-state index < -0.39 is 0 Å². The minimum atomic E-state index is 0.0108. The molecule has 2 rings (SSSR count). The maximum absolute atomic E-state index is 8.96. The Morgan fingerprint density at radius 2 is 2.25 bits per heavy atom. The highest BCUT2D eigenvalue weighted by Gasteiger charge is 2.10. The number of aliphatic hydroxyl groups is 1. The Kier molecular flexibility index (Phi) is 1.72. The molecule has 0 saturated carbocycles. The van der Waals surface area contributed by atoms with E-state index in [1.807, 2.05) is 12.1 Å².